The van der Waals surface area contributed by atoms with Gasteiger partial charge in [0.05, 0.1) is 6.54 Å². The van der Waals surface area contributed by atoms with Gasteiger partial charge in [0.2, 0.25) is 0 Å². The van der Waals surface area contributed by atoms with Crippen LogP contribution in [0.5, 0.6) is 0 Å². The third-order valence-electron chi connectivity index (χ3n) is 3.49. The van der Waals surface area contributed by atoms with Crippen LogP contribution in [0.1, 0.15) is 26.7 Å². The lowest BCUT2D eigenvalue weighted by Gasteiger charge is -2.42. The molecule has 0 amide bonds. The van der Waals surface area contributed by atoms with E-state index >= 15 is 0 Å². The van der Waals surface area contributed by atoms with Gasteiger partial charge < -0.3 is 16.0 Å². The van der Waals surface area contributed by atoms with Gasteiger partial charge in [-0.3, -0.25) is 0 Å². The first-order valence-electron chi connectivity index (χ1n) is 6.50. The molecule has 0 radical (unpaired) electrons. The van der Waals surface area contributed by atoms with Crippen LogP contribution in [0.4, 0.5) is 13.2 Å². The van der Waals surface area contributed by atoms with Crippen LogP contribution in [0.15, 0.2) is 0 Å². The fourth-order valence-electron chi connectivity index (χ4n) is 2.42. The van der Waals surface area contributed by atoms with Crippen LogP contribution in [-0.2, 0) is 0 Å². The van der Waals surface area contributed by atoms with Crippen LogP contribution in [0.25, 0.3) is 0 Å². The van der Waals surface area contributed by atoms with Gasteiger partial charge in [-0.25, -0.2) is 0 Å². The van der Waals surface area contributed by atoms with Crippen molar-refractivity contribution in [1.29, 1.82) is 0 Å². The van der Waals surface area contributed by atoms with E-state index < -0.39 is 18.3 Å². The summed E-state index contributed by atoms with van der Waals surface area (Å²) in [4.78, 5) is 2.30. The molecule has 0 aliphatic carbocycles. The van der Waals surface area contributed by atoms with Crippen LogP contribution in [0.3, 0.4) is 0 Å². The minimum Gasteiger partial charge on any atom is -0.329 e. The molecule has 3 N–H and O–H groups in total. The molecule has 1 fully saturated rings. The third kappa shape index (κ3) is 5.12. The highest BCUT2D eigenvalue weighted by molar-refractivity contribution is 4.94. The van der Waals surface area contributed by atoms with Crippen molar-refractivity contribution in [1.82, 2.24) is 10.2 Å². The molecule has 108 valence electrons. The molecule has 0 aromatic heterocycles. The minimum absolute atomic E-state index is 0.262. The summed E-state index contributed by atoms with van der Waals surface area (Å²) in [7, 11) is 0. The quantitative estimate of drug-likeness (QED) is 0.795. The van der Waals surface area contributed by atoms with Crippen molar-refractivity contribution in [3.63, 3.8) is 0 Å². The number of nitrogens with two attached hydrogens (primary N) is 1. The highest BCUT2D eigenvalue weighted by Gasteiger charge is 2.37. The molecule has 1 saturated heterocycles. The molecule has 0 bridgehead atoms. The van der Waals surface area contributed by atoms with Gasteiger partial charge in [0.15, 0.2) is 0 Å². The van der Waals surface area contributed by atoms with Crippen molar-refractivity contribution in [2.45, 2.75) is 38.4 Å². The molecule has 0 spiro atoms. The van der Waals surface area contributed by atoms with Crippen molar-refractivity contribution in [3.05, 3.63) is 0 Å². The predicted octanol–water partition coefficient (Wildman–Crippen LogP) is 1.59. The maximum Gasteiger partial charge on any atom is 0.401 e. The molecular formula is C12H24F3N3. The Bertz CT molecular complexity index is 245. The number of hydrogen-bond acceptors (Lipinski definition) is 3. The van der Waals surface area contributed by atoms with Crippen molar-refractivity contribution in [2.75, 3.05) is 32.7 Å². The van der Waals surface area contributed by atoms with Gasteiger partial charge in [-0.2, -0.15) is 13.2 Å². The molecule has 3 nitrogen and oxygen atoms in total. The Hall–Kier alpha value is -0.330. The zero-order valence-corrected chi connectivity index (χ0v) is 11.2. The summed E-state index contributed by atoms with van der Waals surface area (Å²) in [6, 6.07) is 0. The first-order chi connectivity index (χ1) is 8.26. The Kier molecular flexibility index (Phi) is 5.43. The van der Waals surface area contributed by atoms with Gasteiger partial charge in [0.1, 0.15) is 0 Å². The first-order valence-corrected chi connectivity index (χ1v) is 6.50. The average Bonchev–Trinajstić information content (AvgIpc) is 2.27. The number of likely N-dealkylation sites (tertiary alicyclic amines) is 1. The number of halogens is 3. The fourth-order valence-corrected chi connectivity index (χ4v) is 2.42. The maximum atomic E-state index is 12.3. The second kappa shape index (κ2) is 6.21. The lowest BCUT2D eigenvalue weighted by molar-refractivity contribution is -0.130. The molecule has 1 rings (SSSR count). The Balaban J connectivity index is 2.44. The summed E-state index contributed by atoms with van der Waals surface area (Å²) >= 11 is 0. The van der Waals surface area contributed by atoms with E-state index in [4.69, 9.17) is 5.73 Å². The number of hydrogen-bond donors (Lipinski definition) is 2. The van der Waals surface area contributed by atoms with E-state index in [2.05, 4.69) is 24.1 Å². The second-order valence-corrected chi connectivity index (χ2v) is 5.65. The topological polar surface area (TPSA) is 41.3 Å². The lowest BCUT2D eigenvalue weighted by atomic mass is 9.87. The summed E-state index contributed by atoms with van der Waals surface area (Å²) < 4.78 is 36.8. The zero-order chi connectivity index (χ0) is 13.8. The van der Waals surface area contributed by atoms with E-state index in [1.165, 1.54) is 0 Å². The summed E-state index contributed by atoms with van der Waals surface area (Å²) in [5, 5.41) is 2.62. The Morgan fingerprint density at radius 3 is 2.22 bits per heavy atom. The monoisotopic (exact) mass is 267 g/mol. The Morgan fingerprint density at radius 2 is 1.83 bits per heavy atom. The normalized spacial score (nSPS) is 21.5. The van der Waals surface area contributed by atoms with E-state index in [0.29, 0.717) is 18.8 Å². The molecule has 0 aromatic rings. The number of alkyl halides is 3. The van der Waals surface area contributed by atoms with Crippen molar-refractivity contribution < 1.29 is 13.2 Å². The molecule has 0 atom stereocenters. The molecule has 1 aliphatic rings. The molecule has 1 heterocycles. The van der Waals surface area contributed by atoms with Gasteiger partial charge in [-0.05, 0) is 31.8 Å². The van der Waals surface area contributed by atoms with Crippen molar-refractivity contribution in [3.8, 4) is 0 Å². The molecule has 0 aromatic carbocycles. The Labute approximate surface area is 107 Å². The van der Waals surface area contributed by atoms with Gasteiger partial charge in [-0.15, -0.1) is 0 Å². The smallest absolute Gasteiger partial charge is 0.329 e. The summed E-state index contributed by atoms with van der Waals surface area (Å²) in [6.45, 7) is 6.24. The molecule has 0 unspecified atom stereocenters. The van der Waals surface area contributed by atoms with Crippen LogP contribution in [0, 0.1) is 5.92 Å². The number of piperidine rings is 1. The van der Waals surface area contributed by atoms with Gasteiger partial charge in [0, 0.05) is 18.6 Å². The largest absolute Gasteiger partial charge is 0.401 e. The number of nitrogens with one attached hydrogen (secondary N) is 1. The zero-order valence-electron chi connectivity index (χ0n) is 11.2. The highest BCUT2D eigenvalue weighted by atomic mass is 19.4. The van der Waals surface area contributed by atoms with Crippen molar-refractivity contribution >= 4 is 0 Å². The maximum absolute atomic E-state index is 12.3. The predicted molar refractivity (Wildman–Crippen MR) is 66.4 cm³/mol. The van der Waals surface area contributed by atoms with E-state index in [9.17, 15) is 13.2 Å². The lowest BCUT2D eigenvalue weighted by Crippen LogP contribution is -2.59. The van der Waals surface area contributed by atoms with E-state index in [-0.39, 0.29) is 6.54 Å². The van der Waals surface area contributed by atoms with E-state index in [1.807, 2.05) is 0 Å². The molecule has 6 heteroatoms. The number of nitrogens with zero attached hydrogens (tertiary/aromatic N) is 1. The van der Waals surface area contributed by atoms with Crippen LogP contribution in [0.2, 0.25) is 0 Å². The fraction of sp³-hybridized carbons (Fsp3) is 1.00. The van der Waals surface area contributed by atoms with E-state index in [0.717, 1.165) is 19.6 Å². The molecular weight excluding hydrogens is 243 g/mol. The summed E-state index contributed by atoms with van der Waals surface area (Å²) in [5.41, 5.74) is 5.13. The van der Waals surface area contributed by atoms with Crippen LogP contribution >= 0.6 is 0 Å². The molecule has 18 heavy (non-hydrogen) atoms. The second-order valence-electron chi connectivity index (χ2n) is 5.65. The SMILES string of the molecule is CC(C)CN1CCC(CN)(NCC(F)(F)F)CC1. The van der Waals surface area contributed by atoms with Crippen molar-refractivity contribution in [2.24, 2.45) is 11.7 Å². The average molecular weight is 267 g/mol. The van der Waals surface area contributed by atoms with Crippen LogP contribution < -0.4 is 11.1 Å². The van der Waals surface area contributed by atoms with Gasteiger partial charge in [0.25, 0.3) is 0 Å². The number of rotatable bonds is 5. The van der Waals surface area contributed by atoms with E-state index in [1.54, 1.807) is 0 Å². The first kappa shape index (κ1) is 15.7. The van der Waals surface area contributed by atoms with Gasteiger partial charge >= 0.3 is 6.18 Å². The highest BCUT2D eigenvalue weighted by Crippen LogP contribution is 2.24. The van der Waals surface area contributed by atoms with Gasteiger partial charge in [-0.1, -0.05) is 13.8 Å². The molecule has 0 saturated carbocycles. The Morgan fingerprint density at radius 1 is 1.28 bits per heavy atom. The summed E-state index contributed by atoms with van der Waals surface area (Å²) in [6.07, 6.45) is -2.80. The minimum atomic E-state index is -4.17. The third-order valence-corrected chi connectivity index (χ3v) is 3.49. The summed E-state index contributed by atoms with van der Waals surface area (Å²) in [5.74, 6) is 0.582. The molecule has 1 aliphatic heterocycles. The standard InChI is InChI=1S/C12H24F3N3/c1-10(2)7-18-5-3-11(8-16,4-6-18)17-9-12(13,14)15/h10,17H,3-9,16H2,1-2H3. The van der Waals surface area contributed by atoms with Crippen LogP contribution in [-0.4, -0.2) is 49.3 Å².